The molecule has 0 aromatic heterocycles. The molecule has 1 aromatic rings. The molecule has 1 fully saturated rings. The Hall–Kier alpha value is -1.10. The highest BCUT2D eigenvalue weighted by Gasteiger charge is 2.43. The van der Waals surface area contributed by atoms with E-state index in [0.29, 0.717) is 17.8 Å². The first-order valence-electron chi connectivity index (χ1n) is 13.3. The van der Waals surface area contributed by atoms with Gasteiger partial charge in [0.05, 0.1) is 12.2 Å². The molecule has 2 atom stereocenters. The molecule has 0 amide bonds. The lowest BCUT2D eigenvalue weighted by atomic mass is 9.77. The predicted octanol–water partition coefficient (Wildman–Crippen LogP) is 7.48. The molecule has 0 aliphatic carbocycles. The summed E-state index contributed by atoms with van der Waals surface area (Å²) in [6, 6.07) is 4.34. The van der Waals surface area contributed by atoms with Gasteiger partial charge in [-0.1, -0.05) is 60.6 Å². The van der Waals surface area contributed by atoms with Crippen LogP contribution in [0.25, 0.3) is 0 Å². The second kappa shape index (κ2) is 11.5. The highest BCUT2D eigenvalue weighted by Crippen LogP contribution is 2.40. The number of piperidine rings is 1. The minimum absolute atomic E-state index is 0.0732. The van der Waals surface area contributed by atoms with Crippen molar-refractivity contribution in [1.82, 2.24) is 4.90 Å². The van der Waals surface area contributed by atoms with Gasteiger partial charge in [-0.05, 0) is 94.4 Å². The van der Waals surface area contributed by atoms with E-state index in [1.54, 1.807) is 7.11 Å². The normalized spacial score (nSPS) is 20.7. The Labute approximate surface area is 217 Å². The molecule has 4 nitrogen and oxygen atoms in total. The van der Waals surface area contributed by atoms with Gasteiger partial charge in [0.25, 0.3) is 0 Å². The average molecular weight is 492 g/mol. The molecule has 1 N–H and O–H groups in total. The third kappa shape index (κ3) is 8.47. The topological polar surface area (TPSA) is 41.9 Å². The molecular formula is C31H57NO3. The van der Waals surface area contributed by atoms with E-state index in [1.165, 1.54) is 5.56 Å². The summed E-state index contributed by atoms with van der Waals surface area (Å²) in [5, 5.41) is 10.7. The Morgan fingerprint density at radius 2 is 1.31 bits per heavy atom. The van der Waals surface area contributed by atoms with Gasteiger partial charge in [-0.3, -0.25) is 4.90 Å². The van der Waals surface area contributed by atoms with Gasteiger partial charge in [-0.25, -0.2) is 0 Å². The van der Waals surface area contributed by atoms with Crippen LogP contribution in [-0.4, -0.2) is 54.6 Å². The number of benzene rings is 1. The first-order valence-corrected chi connectivity index (χ1v) is 13.3. The van der Waals surface area contributed by atoms with Crippen LogP contribution >= 0.6 is 0 Å². The summed E-state index contributed by atoms with van der Waals surface area (Å²) in [7, 11) is 5.80. The number of phenols is 1. The van der Waals surface area contributed by atoms with Gasteiger partial charge in [0.2, 0.25) is 0 Å². The lowest BCUT2D eigenvalue weighted by Crippen LogP contribution is -2.60. The molecule has 1 heterocycles. The van der Waals surface area contributed by atoms with Crippen molar-refractivity contribution in [1.29, 1.82) is 0 Å². The van der Waals surface area contributed by atoms with Crippen molar-refractivity contribution < 1.29 is 14.6 Å². The van der Waals surface area contributed by atoms with Crippen LogP contribution in [-0.2, 0) is 26.7 Å². The highest BCUT2D eigenvalue weighted by molar-refractivity contribution is 5.50. The van der Waals surface area contributed by atoms with Crippen LogP contribution in [0, 0.1) is 5.92 Å². The van der Waals surface area contributed by atoms with Crippen molar-refractivity contribution in [2.75, 3.05) is 21.3 Å². The minimum Gasteiger partial charge on any atom is -0.507 e. The van der Waals surface area contributed by atoms with E-state index < -0.39 is 0 Å². The van der Waals surface area contributed by atoms with E-state index >= 15 is 0 Å². The van der Waals surface area contributed by atoms with Gasteiger partial charge in [0, 0.05) is 25.3 Å². The lowest BCUT2D eigenvalue weighted by molar-refractivity contribution is -0.0783. The summed E-state index contributed by atoms with van der Waals surface area (Å²) < 4.78 is 10.9. The molecule has 1 saturated heterocycles. The Balaban J connectivity index is 0.000000400. The van der Waals surface area contributed by atoms with Crippen LogP contribution in [0.3, 0.4) is 0 Å². The van der Waals surface area contributed by atoms with E-state index in [1.807, 2.05) is 7.11 Å². The molecule has 204 valence electrons. The highest BCUT2D eigenvalue weighted by atomic mass is 16.5. The maximum atomic E-state index is 10.7. The van der Waals surface area contributed by atoms with Gasteiger partial charge in [0.15, 0.2) is 0 Å². The first-order chi connectivity index (χ1) is 15.7. The smallest absolute Gasteiger partial charge is 0.123 e. The Morgan fingerprint density at radius 1 is 0.914 bits per heavy atom. The Morgan fingerprint density at radius 3 is 1.63 bits per heavy atom. The third-order valence-corrected chi connectivity index (χ3v) is 8.12. The summed E-state index contributed by atoms with van der Waals surface area (Å²) in [6.07, 6.45) is 3.86. The Bertz CT molecular complexity index is 760. The number of nitrogens with zero attached hydrogens (tertiary/aromatic N) is 1. The van der Waals surface area contributed by atoms with E-state index in [9.17, 15) is 5.11 Å². The number of ether oxygens (including phenoxy) is 2. The molecule has 0 spiro atoms. The maximum Gasteiger partial charge on any atom is 0.123 e. The van der Waals surface area contributed by atoms with Gasteiger partial charge < -0.3 is 14.6 Å². The molecule has 1 aliphatic rings. The number of aromatic hydroxyl groups is 1. The molecule has 2 unspecified atom stereocenters. The van der Waals surface area contributed by atoms with Gasteiger partial charge in [-0.2, -0.15) is 0 Å². The predicted molar refractivity (Wildman–Crippen MR) is 151 cm³/mol. The molecule has 1 aliphatic heterocycles. The Kier molecular flexibility index (Phi) is 10.5. The fourth-order valence-corrected chi connectivity index (χ4v) is 5.17. The molecule has 1 aromatic carbocycles. The van der Waals surface area contributed by atoms with Crippen LogP contribution in [0.5, 0.6) is 5.75 Å². The zero-order valence-corrected chi connectivity index (χ0v) is 25.7. The van der Waals surface area contributed by atoms with Crippen molar-refractivity contribution in [2.45, 2.75) is 136 Å². The van der Waals surface area contributed by atoms with Crippen LogP contribution in [0.15, 0.2) is 12.1 Å². The van der Waals surface area contributed by atoms with Crippen molar-refractivity contribution in [3.8, 4) is 5.75 Å². The number of hydrogen-bond acceptors (Lipinski definition) is 4. The van der Waals surface area contributed by atoms with Crippen molar-refractivity contribution in [2.24, 2.45) is 5.92 Å². The summed E-state index contributed by atoms with van der Waals surface area (Å²) >= 11 is 0. The summed E-state index contributed by atoms with van der Waals surface area (Å²) in [4.78, 5) is 2.47. The number of likely N-dealkylation sites (tertiary alicyclic amines) is 1. The van der Waals surface area contributed by atoms with Gasteiger partial charge in [-0.15, -0.1) is 0 Å². The summed E-state index contributed by atoms with van der Waals surface area (Å²) in [5.41, 5.74) is 3.71. The molecule has 35 heavy (non-hydrogen) atoms. The fraction of sp³-hybridized carbons (Fsp3) is 0.806. The van der Waals surface area contributed by atoms with Crippen molar-refractivity contribution in [3.63, 3.8) is 0 Å². The number of hydrogen-bond donors (Lipinski definition) is 1. The zero-order valence-electron chi connectivity index (χ0n) is 25.7. The lowest BCUT2D eigenvalue weighted by Gasteiger charge is -2.53. The molecule has 0 saturated carbocycles. The molecule has 0 radical (unpaired) electrons. The van der Waals surface area contributed by atoms with E-state index in [-0.39, 0.29) is 28.0 Å². The summed E-state index contributed by atoms with van der Waals surface area (Å²) in [6.45, 7) is 26.4. The van der Waals surface area contributed by atoms with E-state index in [4.69, 9.17) is 9.47 Å². The SMILES string of the molecule is COC(C)C(C)Cc1cc(C(C)(C)C)c(O)c(C(C)(C)C)c1.COC1CC(C)(C)N(C)C(C)(C)C1. The molecular weight excluding hydrogens is 434 g/mol. The van der Waals surface area contributed by atoms with Crippen LogP contribution < -0.4 is 0 Å². The van der Waals surface area contributed by atoms with Crippen LogP contribution in [0.4, 0.5) is 0 Å². The second-order valence-corrected chi connectivity index (χ2v) is 14.1. The fourth-order valence-electron chi connectivity index (χ4n) is 5.17. The third-order valence-electron chi connectivity index (χ3n) is 8.12. The zero-order chi connectivity index (χ0) is 27.6. The number of methoxy groups -OCH3 is 2. The second-order valence-electron chi connectivity index (χ2n) is 14.1. The standard InChI is InChI=1S/C20H34O2.C11H23NO/c1-13(14(2)22-9)10-15-11-16(19(3,4)5)18(21)17(12-15)20(6,7)8;1-10(2)7-9(13-6)8-11(3,4)12(10)5/h11-14,21H,10H2,1-9H3;9H,7-8H2,1-6H3. The largest absolute Gasteiger partial charge is 0.507 e. The monoisotopic (exact) mass is 491 g/mol. The molecule has 4 heteroatoms. The molecule has 0 bridgehead atoms. The van der Waals surface area contributed by atoms with E-state index in [2.05, 4.69) is 107 Å². The quantitative estimate of drug-likeness (QED) is 0.463. The van der Waals surface area contributed by atoms with Crippen LogP contribution in [0.1, 0.15) is 113 Å². The van der Waals surface area contributed by atoms with Gasteiger partial charge in [0.1, 0.15) is 5.75 Å². The van der Waals surface area contributed by atoms with Crippen molar-refractivity contribution in [3.05, 3.63) is 28.8 Å². The minimum atomic E-state index is -0.0732. The average Bonchev–Trinajstić information content (AvgIpc) is 2.70. The van der Waals surface area contributed by atoms with Crippen molar-refractivity contribution >= 4 is 0 Å². The summed E-state index contributed by atoms with van der Waals surface area (Å²) in [5.74, 6) is 0.895. The number of phenolic OH excluding ortho intramolecular Hbond substituents is 1. The maximum absolute atomic E-state index is 10.7. The van der Waals surface area contributed by atoms with E-state index in [0.717, 1.165) is 30.4 Å². The van der Waals surface area contributed by atoms with Crippen LogP contribution in [0.2, 0.25) is 0 Å². The number of rotatable bonds is 5. The first kappa shape index (κ1) is 31.9. The van der Waals surface area contributed by atoms with Gasteiger partial charge >= 0.3 is 0 Å². The molecule has 2 rings (SSSR count).